The number of anilines is 2. The zero-order valence-electron chi connectivity index (χ0n) is 41.6. The molecule has 392 valence electrons. The van der Waals surface area contributed by atoms with Crippen LogP contribution < -0.4 is 25.2 Å². The molecular formula is C54H46BaCl2N6O12S2. The Morgan fingerprint density at radius 1 is 0.571 bits per heavy atom. The van der Waals surface area contributed by atoms with Gasteiger partial charge in [-0.25, -0.2) is 8.42 Å². The summed E-state index contributed by atoms with van der Waals surface area (Å²) in [5, 5.41) is 48.5. The van der Waals surface area contributed by atoms with E-state index in [1.165, 1.54) is 24.3 Å². The fourth-order valence-corrected chi connectivity index (χ4v) is 9.76. The maximum absolute atomic E-state index is 13.4. The average molecular weight is 1240 g/mol. The van der Waals surface area contributed by atoms with Crippen molar-refractivity contribution in [1.82, 2.24) is 0 Å². The molecule has 8 rings (SSSR count). The quantitative estimate of drug-likeness (QED) is 0.0399. The van der Waals surface area contributed by atoms with Crippen LogP contribution in [0.25, 0.3) is 21.5 Å². The molecule has 0 atom stereocenters. The van der Waals surface area contributed by atoms with Gasteiger partial charge in [-0.1, -0.05) is 91.3 Å². The second kappa shape index (κ2) is 26.3. The van der Waals surface area contributed by atoms with Crippen molar-refractivity contribution < 1.29 is 55.2 Å². The topological polar surface area (TPSA) is 281 Å². The molecule has 0 aliphatic heterocycles. The molecule has 2 amide bonds. The fourth-order valence-electron chi connectivity index (χ4n) is 7.78. The number of fused-ring (bicyclic) bond motifs is 2. The monoisotopic (exact) mass is 1240 g/mol. The number of phenolic OH excluding ortho intramolecular Hbond substituents is 1. The van der Waals surface area contributed by atoms with E-state index in [2.05, 4.69) is 31.1 Å². The number of nitrogens with one attached hydrogen (secondary N) is 2. The van der Waals surface area contributed by atoms with E-state index in [-0.39, 0.29) is 92.8 Å². The van der Waals surface area contributed by atoms with Gasteiger partial charge in [-0.2, -0.15) is 13.5 Å². The van der Waals surface area contributed by atoms with Crippen LogP contribution in [0.2, 0.25) is 10.0 Å². The number of ether oxygens (including phenoxy) is 2. The Kier molecular flexibility index (Phi) is 20.4. The summed E-state index contributed by atoms with van der Waals surface area (Å²) in [7, 11) is -9.63. The van der Waals surface area contributed by atoms with Crippen LogP contribution in [0.5, 0.6) is 23.0 Å². The Bertz CT molecular complexity index is 3560. The summed E-state index contributed by atoms with van der Waals surface area (Å²) in [6.45, 7) is 8.22. The van der Waals surface area contributed by atoms with E-state index >= 15 is 0 Å². The SMILES string of the molecule is CCOc1ccc(NC(=O)c2cc3ccccc3c(N=Nc3c(CC)cc(Cl)cc3S(=O)(=O)O)c2O)cc1.CCOc1ccc(NC(=O)c2cc3ccccc3c(N=Nc3c(CC)cc(Cl)cc3S(=O)(=O)[O-])c2[O-])cc1.[Ba+2]. The number of rotatable bonds is 16. The number of amides is 2. The van der Waals surface area contributed by atoms with E-state index in [4.69, 9.17) is 32.7 Å². The summed E-state index contributed by atoms with van der Waals surface area (Å²) < 4.78 is 80.3. The number of phenols is 1. The van der Waals surface area contributed by atoms with Crippen molar-refractivity contribution in [2.45, 2.75) is 50.3 Å². The standard InChI is InChI=1S/2C27H24ClN3O6S.Ba/c2*1-3-16-13-18(28)15-23(38(34,35)36)24(16)30-31-25-21-8-6-5-7-17(21)14-22(26(25)32)27(33)29-19-9-11-20(12-10-19)37-4-2;/h2*5-15,32H,3-4H2,1-2H3,(H,29,33)(H,34,35,36);/q;;+2/p-2. The number of halogens is 2. The number of hydrogen-bond donors (Lipinski definition) is 4. The van der Waals surface area contributed by atoms with Gasteiger partial charge in [0.2, 0.25) is 0 Å². The first-order valence-electron chi connectivity index (χ1n) is 23.2. The Morgan fingerprint density at radius 2 is 0.974 bits per heavy atom. The second-order valence-corrected chi connectivity index (χ2v) is 20.0. The number of carbonyl (C=O) groups excluding carboxylic acids is 2. The van der Waals surface area contributed by atoms with Gasteiger partial charge in [0.05, 0.1) is 29.4 Å². The van der Waals surface area contributed by atoms with Crippen LogP contribution in [-0.2, 0) is 33.1 Å². The summed E-state index contributed by atoms with van der Waals surface area (Å²) in [5.74, 6) is -1.12. The fraction of sp³-hybridized carbons (Fsp3) is 0.148. The van der Waals surface area contributed by atoms with Gasteiger partial charge < -0.3 is 34.9 Å². The molecule has 0 bridgehead atoms. The van der Waals surface area contributed by atoms with Crippen LogP contribution in [0.15, 0.2) is 164 Å². The zero-order chi connectivity index (χ0) is 54.9. The van der Waals surface area contributed by atoms with Gasteiger partial charge in [0.15, 0.2) is 5.75 Å². The molecule has 0 saturated carbocycles. The van der Waals surface area contributed by atoms with E-state index in [9.17, 15) is 45.7 Å². The minimum absolute atomic E-state index is 0. The van der Waals surface area contributed by atoms with Crippen LogP contribution in [-0.4, -0.2) is 105 Å². The predicted molar refractivity (Wildman–Crippen MR) is 294 cm³/mol. The first-order chi connectivity index (χ1) is 36.2. The minimum Gasteiger partial charge on any atom is -0.870 e. The van der Waals surface area contributed by atoms with Crippen LogP contribution in [0.4, 0.5) is 34.1 Å². The summed E-state index contributed by atoms with van der Waals surface area (Å²) in [6, 6.07) is 35.1. The van der Waals surface area contributed by atoms with Crippen molar-refractivity contribution in [3.63, 3.8) is 0 Å². The summed E-state index contributed by atoms with van der Waals surface area (Å²) in [5.41, 5.74) is 0.924. The molecular weight excluding hydrogens is 1200 g/mol. The van der Waals surface area contributed by atoms with Gasteiger partial charge >= 0.3 is 48.9 Å². The molecule has 8 aromatic carbocycles. The number of aromatic hydroxyl groups is 1. The second-order valence-electron chi connectivity index (χ2n) is 16.3. The normalized spacial score (nSPS) is 11.5. The van der Waals surface area contributed by atoms with E-state index < -0.39 is 53.3 Å². The molecule has 0 aromatic heterocycles. The van der Waals surface area contributed by atoms with Gasteiger partial charge in [0.1, 0.15) is 43.6 Å². The molecule has 18 nitrogen and oxygen atoms in total. The van der Waals surface area contributed by atoms with E-state index in [0.29, 0.717) is 81.6 Å². The van der Waals surface area contributed by atoms with Gasteiger partial charge in [-0.3, -0.25) is 14.1 Å². The van der Waals surface area contributed by atoms with Crippen LogP contribution in [0.3, 0.4) is 0 Å². The molecule has 0 radical (unpaired) electrons. The van der Waals surface area contributed by atoms with Crippen LogP contribution in [0, 0.1) is 0 Å². The third kappa shape index (κ3) is 14.6. The Hall–Kier alpha value is -6.41. The largest absolute Gasteiger partial charge is 2.00 e. The van der Waals surface area contributed by atoms with E-state index in [0.717, 1.165) is 12.1 Å². The maximum Gasteiger partial charge on any atom is 2.00 e. The number of benzene rings is 8. The van der Waals surface area contributed by atoms with Crippen LogP contribution >= 0.6 is 23.2 Å². The van der Waals surface area contributed by atoms with E-state index in [1.807, 2.05) is 13.8 Å². The van der Waals surface area contributed by atoms with Crippen molar-refractivity contribution in [2.24, 2.45) is 20.5 Å². The summed E-state index contributed by atoms with van der Waals surface area (Å²) in [6.07, 6.45) is 0.641. The van der Waals surface area contributed by atoms with Crippen molar-refractivity contribution in [3.8, 4) is 23.0 Å². The van der Waals surface area contributed by atoms with Crippen molar-refractivity contribution in [3.05, 3.63) is 166 Å². The molecule has 0 heterocycles. The molecule has 0 saturated heterocycles. The molecule has 8 aromatic rings. The molecule has 0 aliphatic rings. The predicted octanol–water partition coefficient (Wildman–Crippen LogP) is 12.8. The summed E-state index contributed by atoms with van der Waals surface area (Å²) in [4.78, 5) is 25.1. The molecule has 0 spiro atoms. The van der Waals surface area contributed by atoms with Crippen molar-refractivity contribution >= 4 is 160 Å². The summed E-state index contributed by atoms with van der Waals surface area (Å²) >= 11 is 12.0. The maximum atomic E-state index is 13.4. The Labute approximate surface area is 493 Å². The van der Waals surface area contributed by atoms with Crippen molar-refractivity contribution in [1.29, 1.82) is 0 Å². The number of nitrogens with zero attached hydrogens (tertiary/aromatic N) is 4. The Morgan fingerprint density at radius 3 is 1.43 bits per heavy atom. The number of hydrogen-bond acceptors (Lipinski definition) is 15. The third-order valence-corrected chi connectivity index (χ3v) is 13.5. The van der Waals surface area contributed by atoms with Crippen LogP contribution in [0.1, 0.15) is 59.5 Å². The molecule has 0 aliphatic carbocycles. The molecule has 0 unspecified atom stereocenters. The smallest absolute Gasteiger partial charge is 0.870 e. The zero-order valence-corrected chi connectivity index (χ0v) is 49.2. The van der Waals surface area contributed by atoms with Gasteiger partial charge in [0.25, 0.3) is 21.9 Å². The minimum atomic E-state index is -4.95. The first kappa shape index (κ1) is 59.8. The molecule has 0 fully saturated rings. The van der Waals surface area contributed by atoms with Gasteiger partial charge in [-0.05, 0) is 134 Å². The van der Waals surface area contributed by atoms with E-state index in [1.54, 1.807) is 111 Å². The molecule has 23 heteroatoms. The van der Waals surface area contributed by atoms with Crippen molar-refractivity contribution in [2.75, 3.05) is 23.8 Å². The average Bonchev–Trinajstić information content (AvgIpc) is 3.39. The third-order valence-electron chi connectivity index (χ3n) is 11.4. The number of aryl methyl sites for hydroxylation is 2. The molecule has 77 heavy (non-hydrogen) atoms. The number of carbonyl (C=O) groups is 2. The number of azo groups is 2. The van der Waals surface area contributed by atoms with Gasteiger partial charge in [-0.15, -0.1) is 15.3 Å². The Balaban J connectivity index is 0.000000246. The van der Waals surface area contributed by atoms with Gasteiger partial charge in [0, 0.05) is 37.8 Å². The molecule has 4 N–H and O–H groups in total. The first-order valence-corrected chi connectivity index (χ1v) is 26.8.